The maximum atomic E-state index is 12.9. The summed E-state index contributed by atoms with van der Waals surface area (Å²) in [6.45, 7) is 5.15. The van der Waals surface area contributed by atoms with E-state index in [4.69, 9.17) is 0 Å². The summed E-state index contributed by atoms with van der Waals surface area (Å²) in [7, 11) is -0.503. The average molecular weight is 334 g/mol. The summed E-state index contributed by atoms with van der Waals surface area (Å²) in [4.78, 5) is 0.210. The molecule has 4 nitrogen and oxygen atoms in total. The Balaban J connectivity index is 2.74. The molecule has 1 N–H and O–H groups in total. The Morgan fingerprint density at radius 3 is 2.09 bits per heavy atom. The van der Waals surface area contributed by atoms with E-state index in [0.29, 0.717) is 6.54 Å². The fraction of sp³-hybridized carbons (Fsp3) is 0.600. The first-order valence-corrected chi connectivity index (χ1v) is 8.46. The second-order valence-corrected chi connectivity index (χ2v) is 8.31. The highest BCUT2D eigenvalue weighted by Gasteiger charge is 2.35. The Hall–Kier alpha value is -1.05. The van der Waals surface area contributed by atoms with Crippen molar-refractivity contribution >= 4 is 10.0 Å². The molecule has 1 aromatic rings. The van der Waals surface area contributed by atoms with E-state index in [-0.39, 0.29) is 10.9 Å². The molecule has 1 unspecified atom stereocenters. The van der Waals surface area contributed by atoms with E-state index in [1.807, 2.05) is 0 Å². The van der Waals surface area contributed by atoms with Crippen molar-refractivity contribution < 1.29 is 17.2 Å². The molecule has 0 radical (unpaired) electrons. The summed E-state index contributed by atoms with van der Waals surface area (Å²) in [5.74, 6) is 0. The van der Waals surface area contributed by atoms with Gasteiger partial charge in [-0.05, 0) is 24.6 Å². The summed E-state index contributed by atoms with van der Waals surface area (Å²) in [5, 5.41) is 3.06. The summed E-state index contributed by atoms with van der Waals surface area (Å²) >= 11 is 0. The van der Waals surface area contributed by atoms with Crippen LogP contribution < -0.4 is 5.32 Å². The molecular weight excluding hydrogens is 310 g/mol. The first-order valence-electron chi connectivity index (χ1n) is 7.02. The van der Waals surface area contributed by atoms with E-state index in [2.05, 4.69) is 5.32 Å². The number of alkyl halides is 2. The third-order valence-corrected chi connectivity index (χ3v) is 5.82. The second-order valence-electron chi connectivity index (χ2n) is 6.16. The topological polar surface area (TPSA) is 49.4 Å². The van der Waals surface area contributed by atoms with Crippen LogP contribution in [0.3, 0.4) is 0 Å². The van der Waals surface area contributed by atoms with Crippen LogP contribution in [0.2, 0.25) is 0 Å². The normalized spacial score (nSPS) is 14.6. The number of nitrogens with one attached hydrogen (secondary N) is 1. The van der Waals surface area contributed by atoms with Crippen molar-refractivity contribution in [1.29, 1.82) is 0 Å². The number of hydrogen-bond donors (Lipinski definition) is 1. The largest absolute Gasteiger partial charge is 0.309 e. The molecule has 1 rings (SSSR count). The van der Waals surface area contributed by atoms with E-state index in [0.717, 1.165) is 9.87 Å². The minimum atomic E-state index is -3.45. The quantitative estimate of drug-likeness (QED) is 0.834. The van der Waals surface area contributed by atoms with Crippen LogP contribution in [-0.4, -0.2) is 39.3 Å². The van der Waals surface area contributed by atoms with E-state index in [1.165, 1.54) is 40.1 Å². The molecule has 126 valence electrons. The van der Waals surface area contributed by atoms with Gasteiger partial charge in [0.25, 0.3) is 0 Å². The maximum absolute atomic E-state index is 12.9. The predicted molar refractivity (Wildman–Crippen MR) is 83.4 cm³/mol. The fourth-order valence-corrected chi connectivity index (χ4v) is 2.61. The van der Waals surface area contributed by atoms with Gasteiger partial charge < -0.3 is 5.32 Å². The van der Waals surface area contributed by atoms with Crippen molar-refractivity contribution in [3.63, 3.8) is 0 Å². The third kappa shape index (κ3) is 4.24. The number of sulfonamides is 1. The van der Waals surface area contributed by atoms with Crippen LogP contribution in [0, 0.1) is 5.41 Å². The van der Waals surface area contributed by atoms with Gasteiger partial charge in [-0.3, -0.25) is 0 Å². The molecule has 7 heteroatoms. The summed E-state index contributed by atoms with van der Waals surface area (Å²) < 4.78 is 50.9. The number of halogens is 2. The molecule has 0 aliphatic heterocycles. The molecule has 0 aliphatic rings. The summed E-state index contributed by atoms with van der Waals surface area (Å²) in [6, 6.07) is 6.04. The molecule has 0 spiro atoms. The van der Waals surface area contributed by atoms with Crippen molar-refractivity contribution in [2.24, 2.45) is 5.41 Å². The van der Waals surface area contributed by atoms with Gasteiger partial charge in [0.2, 0.25) is 16.4 Å². The van der Waals surface area contributed by atoms with E-state index >= 15 is 0 Å². The molecule has 1 atom stereocenters. The molecule has 0 aromatic heterocycles. The fourth-order valence-electron chi connectivity index (χ4n) is 1.71. The Morgan fingerprint density at radius 1 is 1.18 bits per heavy atom. The Morgan fingerprint density at radius 2 is 1.68 bits per heavy atom. The molecule has 0 heterocycles. The second kappa shape index (κ2) is 7.02. The van der Waals surface area contributed by atoms with Gasteiger partial charge in [-0.15, -0.1) is 0 Å². The van der Waals surface area contributed by atoms with Gasteiger partial charge in [0.15, 0.2) is 0 Å². The Kier molecular flexibility index (Phi) is 6.06. The predicted octanol–water partition coefficient (Wildman–Crippen LogP) is 2.71. The Bertz CT molecular complexity index is 584. The molecule has 0 amide bonds. The SMILES string of the molecule is CC(NCc1ccc(S(=O)(=O)N(C)C)cc1)C(C)(C)C(F)F. The molecular formula is C15H24F2N2O2S. The standard InChI is InChI=1S/C15H24F2N2O2S/c1-11(15(2,3)14(16)17)18-10-12-6-8-13(9-7-12)22(20,21)19(4)5/h6-9,11,14,18H,10H2,1-5H3. The van der Waals surface area contributed by atoms with Crippen LogP contribution in [0.1, 0.15) is 26.3 Å². The zero-order valence-corrected chi connectivity index (χ0v) is 14.4. The van der Waals surface area contributed by atoms with Crippen LogP contribution in [0.25, 0.3) is 0 Å². The summed E-state index contributed by atoms with van der Waals surface area (Å²) in [5.41, 5.74) is -0.289. The van der Waals surface area contributed by atoms with Crippen LogP contribution in [0.4, 0.5) is 8.78 Å². The van der Waals surface area contributed by atoms with Crippen molar-refractivity contribution in [2.75, 3.05) is 14.1 Å². The number of benzene rings is 1. The van der Waals surface area contributed by atoms with Gasteiger partial charge in [-0.25, -0.2) is 21.5 Å². The number of rotatable bonds is 7. The van der Waals surface area contributed by atoms with Crippen LogP contribution in [0.15, 0.2) is 29.2 Å². The average Bonchev–Trinajstić information content (AvgIpc) is 2.44. The number of hydrogen-bond acceptors (Lipinski definition) is 3. The van der Waals surface area contributed by atoms with Crippen LogP contribution >= 0.6 is 0 Å². The number of nitrogens with zero attached hydrogens (tertiary/aromatic N) is 1. The molecule has 0 aliphatic carbocycles. The molecule has 0 bridgehead atoms. The van der Waals surface area contributed by atoms with Crippen molar-refractivity contribution in [2.45, 2.75) is 44.7 Å². The Labute approximate surface area is 131 Å². The molecule has 0 saturated carbocycles. The first-order chi connectivity index (χ1) is 9.99. The molecule has 1 aromatic carbocycles. The smallest absolute Gasteiger partial charge is 0.245 e. The molecule has 22 heavy (non-hydrogen) atoms. The van der Waals surface area contributed by atoms with Crippen molar-refractivity contribution in [3.05, 3.63) is 29.8 Å². The monoisotopic (exact) mass is 334 g/mol. The lowest BCUT2D eigenvalue weighted by atomic mass is 9.86. The maximum Gasteiger partial charge on any atom is 0.245 e. The zero-order valence-electron chi connectivity index (χ0n) is 13.6. The first kappa shape index (κ1) is 19.0. The van der Waals surface area contributed by atoms with Crippen molar-refractivity contribution in [3.8, 4) is 0 Å². The summed E-state index contributed by atoms with van der Waals surface area (Å²) in [6.07, 6.45) is -2.41. The van der Waals surface area contributed by atoms with Crippen molar-refractivity contribution in [1.82, 2.24) is 9.62 Å². The third-order valence-electron chi connectivity index (χ3n) is 3.99. The minimum Gasteiger partial charge on any atom is -0.309 e. The zero-order chi connectivity index (χ0) is 17.1. The van der Waals surface area contributed by atoms with E-state index in [9.17, 15) is 17.2 Å². The van der Waals surface area contributed by atoms with Gasteiger partial charge in [-0.2, -0.15) is 0 Å². The van der Waals surface area contributed by atoms with Gasteiger partial charge in [0, 0.05) is 32.1 Å². The van der Waals surface area contributed by atoms with E-state index in [1.54, 1.807) is 19.1 Å². The highest BCUT2D eigenvalue weighted by molar-refractivity contribution is 7.89. The molecule has 0 saturated heterocycles. The van der Waals surface area contributed by atoms with Gasteiger partial charge >= 0.3 is 0 Å². The molecule has 0 fully saturated rings. The lowest BCUT2D eigenvalue weighted by Crippen LogP contribution is -2.43. The van der Waals surface area contributed by atoms with Gasteiger partial charge in [-0.1, -0.05) is 26.0 Å². The minimum absolute atomic E-state index is 0.210. The highest BCUT2D eigenvalue weighted by Crippen LogP contribution is 2.29. The highest BCUT2D eigenvalue weighted by atomic mass is 32.2. The lowest BCUT2D eigenvalue weighted by Gasteiger charge is -2.31. The van der Waals surface area contributed by atoms with Crippen LogP contribution in [0.5, 0.6) is 0 Å². The van der Waals surface area contributed by atoms with Crippen LogP contribution in [-0.2, 0) is 16.6 Å². The van der Waals surface area contributed by atoms with Gasteiger partial charge in [0.05, 0.1) is 4.90 Å². The van der Waals surface area contributed by atoms with Gasteiger partial charge in [0.1, 0.15) is 0 Å². The van der Waals surface area contributed by atoms with E-state index < -0.39 is 21.9 Å². The lowest BCUT2D eigenvalue weighted by molar-refractivity contribution is -0.00260.